The fraction of sp³-hybridized carbons (Fsp3) is 0.167. The van der Waals surface area contributed by atoms with Crippen LogP contribution < -0.4 is 52.6 Å². The molecular formula is C48H50N12O3S+2. The van der Waals surface area contributed by atoms with Crippen molar-refractivity contribution in [2.45, 2.75) is 51.9 Å². The third-order valence-corrected chi connectivity index (χ3v) is 11.2. The molecule has 0 atom stereocenters. The van der Waals surface area contributed by atoms with Crippen molar-refractivity contribution in [1.82, 2.24) is 25.0 Å². The van der Waals surface area contributed by atoms with Gasteiger partial charge in [-0.15, -0.1) is 0 Å². The highest BCUT2D eigenvalue weighted by atomic mass is 32.1. The van der Waals surface area contributed by atoms with E-state index in [4.69, 9.17) is 33.4 Å². The number of rotatable bonds is 13. The maximum atomic E-state index is 12.7. The fourth-order valence-corrected chi connectivity index (χ4v) is 7.94. The Morgan fingerprint density at radius 2 is 1.08 bits per heavy atom. The molecule has 0 bridgehead atoms. The quantitative estimate of drug-likeness (QED) is 0.0276. The second-order valence-electron chi connectivity index (χ2n) is 15.6. The van der Waals surface area contributed by atoms with Crippen molar-refractivity contribution in [3.05, 3.63) is 133 Å². The summed E-state index contributed by atoms with van der Waals surface area (Å²) in [4.78, 5) is 35.4. The van der Waals surface area contributed by atoms with E-state index in [1.807, 2.05) is 97.1 Å². The van der Waals surface area contributed by atoms with Gasteiger partial charge in [0.2, 0.25) is 33.9 Å². The molecule has 9 rings (SSSR count). The second-order valence-corrected chi connectivity index (χ2v) is 15.9. The first-order chi connectivity index (χ1) is 31.0. The third kappa shape index (κ3) is 9.92. The van der Waals surface area contributed by atoms with Gasteiger partial charge in [-0.05, 0) is 71.8 Å². The fourth-order valence-electron chi connectivity index (χ4n) is 7.83. The lowest BCUT2D eigenvalue weighted by Gasteiger charge is -2.10. The van der Waals surface area contributed by atoms with Crippen LogP contribution in [0.5, 0.6) is 5.75 Å². The monoisotopic (exact) mass is 874 g/mol. The van der Waals surface area contributed by atoms with Gasteiger partial charge in [-0.25, -0.2) is 9.97 Å². The topological polar surface area (TPSA) is 247 Å². The van der Waals surface area contributed by atoms with Crippen LogP contribution in [0.15, 0.2) is 122 Å². The largest absolute Gasteiger partial charge is 0.486 e. The van der Waals surface area contributed by atoms with Crippen LogP contribution in [-0.4, -0.2) is 26.8 Å². The molecule has 0 fully saturated rings. The zero-order valence-electron chi connectivity index (χ0n) is 35.1. The summed E-state index contributed by atoms with van der Waals surface area (Å²) in [5.41, 5.74) is 40.1. The molecule has 4 heterocycles. The van der Waals surface area contributed by atoms with Crippen molar-refractivity contribution in [3.8, 4) is 5.75 Å². The normalized spacial score (nSPS) is 11.2. The zero-order chi connectivity index (χ0) is 44.7. The molecule has 2 amide bonds. The number of aromatic nitrogens is 5. The van der Waals surface area contributed by atoms with Gasteiger partial charge in [-0.2, -0.15) is 9.13 Å². The molecule has 0 saturated heterocycles. The molecule has 0 aliphatic carbocycles. The van der Waals surface area contributed by atoms with Crippen LogP contribution >= 0.6 is 12.8 Å². The second kappa shape index (κ2) is 19.0. The van der Waals surface area contributed by atoms with Gasteiger partial charge in [-0.1, -0.05) is 37.1 Å². The Morgan fingerprint density at radius 1 is 0.609 bits per heavy atom. The molecule has 15 nitrogen and oxygen atoms in total. The summed E-state index contributed by atoms with van der Waals surface area (Å²) in [5, 5.41) is 7.42. The van der Waals surface area contributed by atoms with E-state index in [0.29, 0.717) is 97.4 Å². The van der Waals surface area contributed by atoms with Crippen molar-refractivity contribution in [2.75, 3.05) is 28.7 Å². The van der Waals surface area contributed by atoms with E-state index in [1.165, 1.54) is 0 Å². The number of nitrogens with one attached hydrogen (secondary N) is 3. The zero-order valence-corrected chi connectivity index (χ0v) is 35.9. The first-order valence-electron chi connectivity index (χ1n) is 20.8. The number of ether oxygens (including phenoxy) is 1. The van der Waals surface area contributed by atoms with E-state index in [1.54, 1.807) is 12.4 Å². The summed E-state index contributed by atoms with van der Waals surface area (Å²) in [5.74, 6) is 0.866. The molecule has 4 aromatic heterocycles. The van der Waals surface area contributed by atoms with Crippen molar-refractivity contribution >= 4 is 108 Å². The summed E-state index contributed by atoms with van der Waals surface area (Å²) in [6.45, 7) is 2.17. The number of aryl methyl sites for hydroxylation is 2. The number of imidazole rings is 1. The van der Waals surface area contributed by atoms with Gasteiger partial charge in [0.05, 0.1) is 6.33 Å². The number of fused-ring (bicyclic) bond motifs is 5. The smallest absolute Gasteiger partial charge is 0.229 e. The molecule has 64 heavy (non-hydrogen) atoms. The summed E-state index contributed by atoms with van der Waals surface area (Å²) in [6.07, 6.45) is 3.75. The first-order valence-corrected chi connectivity index (χ1v) is 21.3. The Hall–Kier alpha value is -7.85. The number of nitrogens with zero attached hydrogens (tertiary/aromatic N) is 4. The number of hydrogen-bond donors (Lipinski definition) is 9. The standard InChI is InChI=1S/C31H30N8O2.C17H18N4OS/c32-23-9-7-21-12-22-8-10-24(33)14-26(22)39(25(21)13-23)11-1-2-29(40)35-16-19-3-5-20(6-4-19)17-41-27-15-28(34)38-31-30(27)36-18-37-31;18-13-5-3-11-8-12-4-6-14(19)10-16(12)21(15(11)9-13)7-1-2-17(22)20-23/h3-10,12-15,18H,1-2,11,16-17H2,(H7,32,33,34,35,36,37,38,40);3-6,8-10H,1-2,7H2,(H5,18,19,20,22,23)/p+2. The van der Waals surface area contributed by atoms with E-state index in [2.05, 4.69) is 59.1 Å². The molecule has 13 N–H and O–H groups in total. The lowest BCUT2D eigenvalue weighted by molar-refractivity contribution is -0.645. The molecule has 0 aliphatic rings. The molecule has 0 aliphatic heterocycles. The molecular weight excluding hydrogens is 825 g/mol. The van der Waals surface area contributed by atoms with Crippen molar-refractivity contribution in [2.24, 2.45) is 0 Å². The molecule has 0 unspecified atom stereocenters. The highest BCUT2D eigenvalue weighted by Gasteiger charge is 2.19. The molecule has 16 heteroatoms. The van der Waals surface area contributed by atoms with Crippen LogP contribution in [0.1, 0.15) is 36.8 Å². The van der Waals surface area contributed by atoms with E-state index in [-0.39, 0.29) is 11.8 Å². The maximum Gasteiger partial charge on any atom is 0.229 e. The Labute approximate surface area is 374 Å². The van der Waals surface area contributed by atoms with Crippen molar-refractivity contribution in [3.63, 3.8) is 0 Å². The summed E-state index contributed by atoms with van der Waals surface area (Å²) in [7, 11) is 0. The first kappa shape index (κ1) is 42.8. The Morgan fingerprint density at radius 3 is 1.56 bits per heavy atom. The minimum Gasteiger partial charge on any atom is -0.486 e. The number of carbonyl (C=O) groups is 2. The number of amides is 2. The molecule has 0 saturated carbocycles. The van der Waals surface area contributed by atoms with Gasteiger partial charge in [0.1, 0.15) is 31.0 Å². The number of benzene rings is 5. The summed E-state index contributed by atoms with van der Waals surface area (Å²) >= 11 is 3.78. The molecule has 9 aromatic rings. The number of pyridine rings is 3. The number of nitrogen functional groups attached to an aromatic ring is 5. The number of thiol groups is 1. The highest BCUT2D eigenvalue weighted by molar-refractivity contribution is 7.78. The number of hydrogen-bond acceptors (Lipinski definition) is 11. The highest BCUT2D eigenvalue weighted by Crippen LogP contribution is 2.26. The van der Waals surface area contributed by atoms with Gasteiger partial charge in [0, 0.05) is 107 Å². The summed E-state index contributed by atoms with van der Waals surface area (Å²) in [6, 6.07) is 37.4. The molecule has 324 valence electrons. The van der Waals surface area contributed by atoms with Gasteiger partial charge < -0.3 is 48.4 Å². The molecule has 0 spiro atoms. The average molecular weight is 875 g/mol. The van der Waals surface area contributed by atoms with Crippen molar-refractivity contribution in [1.29, 1.82) is 0 Å². The Balaban J connectivity index is 0.000000206. The van der Waals surface area contributed by atoms with Gasteiger partial charge in [0.15, 0.2) is 11.4 Å². The van der Waals surface area contributed by atoms with E-state index in [9.17, 15) is 9.59 Å². The van der Waals surface area contributed by atoms with E-state index >= 15 is 0 Å². The summed E-state index contributed by atoms with van der Waals surface area (Å²) < 4.78 is 12.7. The minimum absolute atomic E-state index is 0.000398. The van der Waals surface area contributed by atoms with Gasteiger partial charge in [-0.3, -0.25) is 9.59 Å². The number of nitrogens with two attached hydrogens (primary N) is 5. The number of H-pyrrole nitrogens is 1. The number of anilines is 5. The van der Waals surface area contributed by atoms with Crippen LogP contribution in [0, 0.1) is 0 Å². The number of carbonyl (C=O) groups excluding carboxylic acids is 2. The van der Waals surface area contributed by atoms with Crippen LogP contribution in [0.2, 0.25) is 0 Å². The van der Waals surface area contributed by atoms with E-state index < -0.39 is 0 Å². The number of aromatic amines is 1. The minimum atomic E-state index is -0.0856. The Kier molecular flexibility index (Phi) is 12.7. The van der Waals surface area contributed by atoms with Crippen molar-refractivity contribution < 1.29 is 23.5 Å². The SMILES string of the molecule is Nc1ccc2cc3ccc(N)cc3[n+](CCCC(=O)NCc3ccc(COc4cc(N)nc5nc[nH]c45)cc3)c2c1.Nc1ccc2cc3ccc(N)cc3[n+](CCCC(=O)NS)c2c1. The predicted octanol–water partition coefficient (Wildman–Crippen LogP) is 6.16. The van der Waals surface area contributed by atoms with Crippen LogP contribution in [0.4, 0.5) is 28.6 Å². The maximum absolute atomic E-state index is 12.7. The van der Waals surface area contributed by atoms with E-state index in [0.717, 1.165) is 54.7 Å². The predicted molar refractivity (Wildman–Crippen MR) is 257 cm³/mol. The Bertz CT molecular complexity index is 3060. The lowest BCUT2D eigenvalue weighted by atomic mass is 10.1. The third-order valence-electron chi connectivity index (χ3n) is 11.0. The van der Waals surface area contributed by atoms with Gasteiger partial charge in [0.25, 0.3) is 0 Å². The molecule has 5 aromatic carbocycles. The molecule has 0 radical (unpaired) electrons. The lowest BCUT2D eigenvalue weighted by Crippen LogP contribution is -2.36. The van der Waals surface area contributed by atoms with Crippen LogP contribution in [-0.2, 0) is 35.8 Å². The van der Waals surface area contributed by atoms with Gasteiger partial charge >= 0.3 is 0 Å². The van der Waals surface area contributed by atoms with Crippen LogP contribution in [0.3, 0.4) is 0 Å². The average Bonchev–Trinajstić information content (AvgIpc) is 3.77. The van der Waals surface area contributed by atoms with Crippen LogP contribution in [0.25, 0.3) is 54.8 Å².